The quantitative estimate of drug-likeness (QED) is 0.744. The molecule has 1 aliphatic rings. The number of sulfonamides is 1. The zero-order chi connectivity index (χ0) is 17.0. The first-order valence-corrected chi connectivity index (χ1v) is 9.27. The van der Waals surface area contributed by atoms with Gasteiger partial charge in [-0.2, -0.15) is 0 Å². The van der Waals surface area contributed by atoms with E-state index >= 15 is 0 Å². The topological polar surface area (TPSA) is 78.5 Å². The van der Waals surface area contributed by atoms with Crippen molar-refractivity contribution in [3.63, 3.8) is 0 Å². The number of rotatable bonds is 8. The highest BCUT2D eigenvalue weighted by Crippen LogP contribution is 2.27. The Hall–Kier alpha value is -1.44. The normalized spacial score (nSPS) is 16.3. The molecule has 2 rings (SSSR count). The highest BCUT2D eigenvalue weighted by Gasteiger charge is 2.21. The van der Waals surface area contributed by atoms with Gasteiger partial charge in [-0.1, -0.05) is 12.1 Å². The van der Waals surface area contributed by atoms with Crippen LogP contribution in [0.5, 0.6) is 0 Å². The lowest BCUT2D eigenvalue weighted by atomic mass is 10.1. The average molecular weight is 339 g/mol. The zero-order valence-corrected chi connectivity index (χ0v) is 14.7. The molecule has 1 aromatic rings. The summed E-state index contributed by atoms with van der Waals surface area (Å²) in [5.41, 5.74) is 0.873. The number of hydrogen-bond donors (Lipinski definition) is 2. The molecule has 0 spiro atoms. The molecule has 1 aromatic carbocycles. The van der Waals surface area contributed by atoms with Crippen LogP contribution >= 0.6 is 0 Å². The Bertz CT molecular complexity index is 637. The van der Waals surface area contributed by atoms with Crippen molar-refractivity contribution in [2.24, 2.45) is 5.92 Å². The van der Waals surface area contributed by atoms with Crippen LogP contribution in [-0.4, -0.2) is 45.8 Å². The van der Waals surface area contributed by atoms with Gasteiger partial charge >= 0.3 is 0 Å². The van der Waals surface area contributed by atoms with Crippen LogP contribution in [-0.2, 0) is 14.8 Å². The van der Waals surface area contributed by atoms with E-state index in [1.54, 1.807) is 24.3 Å². The Kier molecular flexibility index (Phi) is 5.78. The maximum atomic E-state index is 12.0. The fraction of sp³-hybridized carbons (Fsp3) is 0.562. The molecule has 128 valence electrons. The largest absolute Gasteiger partial charge is 0.348 e. The molecule has 0 aliphatic heterocycles. The summed E-state index contributed by atoms with van der Waals surface area (Å²) in [6.45, 7) is 3.10. The Morgan fingerprint density at radius 1 is 1.26 bits per heavy atom. The van der Waals surface area contributed by atoms with Gasteiger partial charge in [-0.05, 0) is 49.9 Å². The summed E-state index contributed by atoms with van der Waals surface area (Å²) in [6, 6.07) is 6.44. The van der Waals surface area contributed by atoms with Gasteiger partial charge in [0.05, 0.1) is 17.5 Å². The summed E-state index contributed by atoms with van der Waals surface area (Å²) < 4.78 is 25.2. The molecule has 1 fully saturated rings. The number of benzene rings is 1. The Balaban J connectivity index is 1.89. The third kappa shape index (κ3) is 5.02. The maximum absolute atomic E-state index is 12.0. The molecule has 1 saturated carbocycles. The van der Waals surface area contributed by atoms with Gasteiger partial charge in [0.2, 0.25) is 15.9 Å². The van der Waals surface area contributed by atoms with Gasteiger partial charge in [0.25, 0.3) is 0 Å². The van der Waals surface area contributed by atoms with E-state index in [9.17, 15) is 13.2 Å². The fourth-order valence-electron chi connectivity index (χ4n) is 2.23. The number of carbonyl (C=O) groups is 1. The minimum Gasteiger partial charge on any atom is -0.348 e. The first kappa shape index (κ1) is 17.9. The molecule has 0 bridgehead atoms. The Labute approximate surface area is 138 Å². The van der Waals surface area contributed by atoms with Crippen LogP contribution in [0.1, 0.15) is 31.4 Å². The van der Waals surface area contributed by atoms with Gasteiger partial charge in [0, 0.05) is 14.1 Å². The molecular weight excluding hydrogens is 314 g/mol. The summed E-state index contributed by atoms with van der Waals surface area (Å²) in [4.78, 5) is 12.1. The molecule has 23 heavy (non-hydrogen) atoms. The van der Waals surface area contributed by atoms with Crippen molar-refractivity contribution in [2.45, 2.75) is 30.7 Å². The number of carbonyl (C=O) groups excluding carboxylic acids is 1. The van der Waals surface area contributed by atoms with Crippen LogP contribution in [0.3, 0.4) is 0 Å². The predicted molar refractivity (Wildman–Crippen MR) is 89.5 cm³/mol. The fourth-order valence-corrected chi connectivity index (χ4v) is 3.13. The van der Waals surface area contributed by atoms with Crippen LogP contribution in [0.15, 0.2) is 29.2 Å². The van der Waals surface area contributed by atoms with Crippen molar-refractivity contribution in [3.05, 3.63) is 29.8 Å². The van der Waals surface area contributed by atoms with E-state index in [4.69, 9.17) is 0 Å². The predicted octanol–water partition coefficient (Wildman–Crippen LogP) is 1.11. The van der Waals surface area contributed by atoms with Gasteiger partial charge < -0.3 is 10.6 Å². The molecule has 0 radical (unpaired) electrons. The standard InChI is InChI=1S/C16H25N3O3S/c1-12(18-16(20)11-17-10-13-4-5-13)14-6-8-15(9-7-14)23(21,22)19(2)3/h6-9,12-13,17H,4-5,10-11H2,1-3H3,(H,18,20). The van der Waals surface area contributed by atoms with E-state index in [0.717, 1.165) is 18.0 Å². The average Bonchev–Trinajstić information content (AvgIpc) is 3.31. The second-order valence-corrected chi connectivity index (χ2v) is 8.37. The second kappa shape index (κ2) is 7.42. The van der Waals surface area contributed by atoms with E-state index in [1.165, 1.54) is 31.2 Å². The maximum Gasteiger partial charge on any atom is 0.242 e. The van der Waals surface area contributed by atoms with Gasteiger partial charge in [0.15, 0.2) is 0 Å². The Morgan fingerprint density at radius 3 is 2.39 bits per heavy atom. The van der Waals surface area contributed by atoms with Crippen LogP contribution in [0.2, 0.25) is 0 Å². The van der Waals surface area contributed by atoms with Crippen LogP contribution in [0, 0.1) is 5.92 Å². The van der Waals surface area contributed by atoms with E-state index in [1.807, 2.05) is 6.92 Å². The van der Waals surface area contributed by atoms with Crippen molar-refractivity contribution in [1.29, 1.82) is 0 Å². The summed E-state index contributed by atoms with van der Waals surface area (Å²) in [5.74, 6) is 0.689. The molecule has 1 amide bonds. The van der Waals surface area contributed by atoms with Crippen molar-refractivity contribution in [1.82, 2.24) is 14.9 Å². The first-order chi connectivity index (χ1) is 10.8. The van der Waals surface area contributed by atoms with Gasteiger partial charge in [-0.3, -0.25) is 4.79 Å². The molecule has 0 aromatic heterocycles. The molecule has 2 N–H and O–H groups in total. The van der Waals surface area contributed by atoms with E-state index in [0.29, 0.717) is 6.54 Å². The van der Waals surface area contributed by atoms with Gasteiger partial charge in [-0.25, -0.2) is 12.7 Å². The molecule has 0 saturated heterocycles. The minimum absolute atomic E-state index is 0.0526. The van der Waals surface area contributed by atoms with Crippen LogP contribution in [0.4, 0.5) is 0 Å². The van der Waals surface area contributed by atoms with E-state index in [-0.39, 0.29) is 16.8 Å². The molecule has 0 heterocycles. The third-order valence-electron chi connectivity index (χ3n) is 3.95. The van der Waals surface area contributed by atoms with Crippen molar-refractivity contribution in [2.75, 3.05) is 27.2 Å². The summed E-state index contributed by atoms with van der Waals surface area (Å²) in [7, 11) is -0.419. The lowest BCUT2D eigenvalue weighted by Gasteiger charge is -2.16. The van der Waals surface area contributed by atoms with E-state index < -0.39 is 10.0 Å². The summed E-state index contributed by atoms with van der Waals surface area (Å²) in [5, 5.41) is 6.06. The zero-order valence-electron chi connectivity index (χ0n) is 13.9. The molecule has 6 nitrogen and oxygen atoms in total. The smallest absolute Gasteiger partial charge is 0.242 e. The van der Waals surface area contributed by atoms with E-state index in [2.05, 4.69) is 10.6 Å². The summed E-state index contributed by atoms with van der Waals surface area (Å²) >= 11 is 0. The second-order valence-electron chi connectivity index (χ2n) is 6.22. The minimum atomic E-state index is -3.42. The van der Waals surface area contributed by atoms with Crippen molar-refractivity contribution < 1.29 is 13.2 Å². The molecule has 1 aliphatic carbocycles. The molecule has 7 heteroatoms. The monoisotopic (exact) mass is 339 g/mol. The highest BCUT2D eigenvalue weighted by atomic mass is 32.2. The first-order valence-electron chi connectivity index (χ1n) is 7.83. The number of nitrogens with zero attached hydrogens (tertiary/aromatic N) is 1. The van der Waals surface area contributed by atoms with Gasteiger partial charge in [0.1, 0.15) is 0 Å². The molecular formula is C16H25N3O3S. The lowest BCUT2D eigenvalue weighted by molar-refractivity contribution is -0.120. The van der Waals surface area contributed by atoms with Crippen LogP contribution < -0.4 is 10.6 Å². The number of nitrogens with one attached hydrogen (secondary N) is 2. The van der Waals surface area contributed by atoms with Crippen LogP contribution in [0.25, 0.3) is 0 Å². The summed E-state index contributed by atoms with van der Waals surface area (Å²) in [6.07, 6.45) is 2.51. The lowest BCUT2D eigenvalue weighted by Crippen LogP contribution is -2.36. The third-order valence-corrected chi connectivity index (χ3v) is 5.78. The van der Waals surface area contributed by atoms with Crippen molar-refractivity contribution in [3.8, 4) is 0 Å². The van der Waals surface area contributed by atoms with Gasteiger partial charge in [-0.15, -0.1) is 0 Å². The molecule has 1 atom stereocenters. The number of hydrogen-bond acceptors (Lipinski definition) is 4. The highest BCUT2D eigenvalue weighted by molar-refractivity contribution is 7.89. The van der Waals surface area contributed by atoms with Crippen molar-refractivity contribution >= 4 is 15.9 Å². The number of amides is 1. The Morgan fingerprint density at radius 2 is 1.87 bits per heavy atom. The SMILES string of the molecule is CC(NC(=O)CNCC1CC1)c1ccc(S(=O)(=O)N(C)C)cc1. The molecule has 1 unspecified atom stereocenters.